The number of ketones is 2. The summed E-state index contributed by atoms with van der Waals surface area (Å²) in [5.74, 6) is -2.39. The maximum Gasteiger partial charge on any atom is 0.405 e. The molecule has 2 aliphatic rings. The minimum absolute atomic E-state index is 0.0801. The Morgan fingerprint density at radius 1 is 1.10 bits per heavy atom. The molecule has 2 rings (SSSR count). The van der Waals surface area contributed by atoms with Crippen molar-refractivity contribution in [2.45, 2.75) is 65.0 Å². The molecule has 0 aromatic rings. The summed E-state index contributed by atoms with van der Waals surface area (Å²) in [6.45, 7) is 6.92. The molecule has 0 radical (unpaired) electrons. The molecule has 0 aromatic heterocycles. The molecule has 2 amide bonds. The lowest BCUT2D eigenvalue weighted by Gasteiger charge is -2.29. The van der Waals surface area contributed by atoms with Crippen molar-refractivity contribution in [1.29, 1.82) is 0 Å². The predicted octanol–water partition coefficient (Wildman–Crippen LogP) is 2.41. The van der Waals surface area contributed by atoms with E-state index < -0.39 is 53.9 Å². The van der Waals surface area contributed by atoms with Gasteiger partial charge in [0, 0.05) is 37.4 Å². The third-order valence-corrected chi connectivity index (χ3v) is 6.95. The summed E-state index contributed by atoms with van der Waals surface area (Å²) in [5.41, 5.74) is 6.12. The fourth-order valence-corrected chi connectivity index (χ4v) is 4.78. The molecule has 1 aliphatic carbocycles. The fourth-order valence-electron chi connectivity index (χ4n) is 4.78. The zero-order chi connectivity index (χ0) is 30.1. The van der Waals surface area contributed by atoms with Gasteiger partial charge in [-0.2, -0.15) is 0 Å². The second-order valence-electron chi connectivity index (χ2n) is 10.1. The van der Waals surface area contributed by atoms with E-state index in [1.807, 2.05) is 6.92 Å². The van der Waals surface area contributed by atoms with Crippen molar-refractivity contribution in [3.05, 3.63) is 58.6 Å². The molecule has 11 heteroatoms. The zero-order valence-electron chi connectivity index (χ0n) is 24.1. The van der Waals surface area contributed by atoms with E-state index in [1.54, 1.807) is 32.1 Å². The molecule has 220 valence electrons. The molecule has 0 unspecified atom stereocenters. The Kier molecular flexibility index (Phi) is 12.0. The van der Waals surface area contributed by atoms with Gasteiger partial charge in [-0.15, -0.1) is 0 Å². The van der Waals surface area contributed by atoms with E-state index in [-0.39, 0.29) is 34.9 Å². The molecule has 11 nitrogen and oxygen atoms in total. The molecule has 0 aromatic carbocycles. The first-order valence-electron chi connectivity index (χ1n) is 13.0. The van der Waals surface area contributed by atoms with Crippen molar-refractivity contribution in [2.24, 2.45) is 17.6 Å². The summed E-state index contributed by atoms with van der Waals surface area (Å²) < 4.78 is 21.7. The summed E-state index contributed by atoms with van der Waals surface area (Å²) >= 11 is 0. The quantitative estimate of drug-likeness (QED) is 0.346. The van der Waals surface area contributed by atoms with Crippen LogP contribution in [0.2, 0.25) is 0 Å². The first kappa shape index (κ1) is 32.7. The van der Waals surface area contributed by atoms with Gasteiger partial charge >= 0.3 is 6.09 Å². The molecule has 0 saturated carbocycles. The van der Waals surface area contributed by atoms with Crippen LogP contribution in [0.5, 0.6) is 0 Å². The normalized spacial score (nSPS) is 32.7. The van der Waals surface area contributed by atoms with E-state index in [2.05, 4.69) is 5.32 Å². The summed E-state index contributed by atoms with van der Waals surface area (Å²) in [7, 11) is 4.21. The highest BCUT2D eigenvalue weighted by Gasteiger charge is 2.34. The number of ether oxygens (including phenoxy) is 4. The highest BCUT2D eigenvalue weighted by molar-refractivity contribution is 6.23. The van der Waals surface area contributed by atoms with Gasteiger partial charge in [0.15, 0.2) is 11.9 Å². The van der Waals surface area contributed by atoms with Crippen molar-refractivity contribution in [3.8, 4) is 0 Å². The highest BCUT2D eigenvalue weighted by atomic mass is 16.6. The number of primary amides is 1. The number of methoxy groups -OCH3 is 3. The summed E-state index contributed by atoms with van der Waals surface area (Å²) in [5, 5.41) is 13.7. The SMILES string of the molecule is COC1=C2C[C@@H](C)C[C@H](OC)[C@@H](O)[C@@H](C)/C=C(/C)[C@H](OC(N)=O)[C@@H](OC)/C=C/C=C(/C)C(=O)NC(=CC1=O)C2=O. The highest BCUT2D eigenvalue weighted by Crippen LogP contribution is 2.29. The molecule has 0 fully saturated rings. The van der Waals surface area contributed by atoms with Gasteiger partial charge in [-0.25, -0.2) is 4.79 Å². The first-order chi connectivity index (χ1) is 18.8. The number of hydrogen-bond donors (Lipinski definition) is 3. The lowest BCUT2D eigenvalue weighted by Crippen LogP contribution is -2.37. The van der Waals surface area contributed by atoms with Gasteiger partial charge < -0.3 is 35.1 Å². The first-order valence-corrected chi connectivity index (χ1v) is 13.0. The monoisotopic (exact) mass is 560 g/mol. The Morgan fingerprint density at radius 3 is 2.35 bits per heavy atom. The van der Waals surface area contributed by atoms with Crippen LogP contribution in [0.4, 0.5) is 4.79 Å². The predicted molar refractivity (Wildman–Crippen MR) is 147 cm³/mol. The second kappa shape index (κ2) is 14.7. The topological polar surface area (TPSA) is 163 Å². The van der Waals surface area contributed by atoms with Crippen LogP contribution in [0.3, 0.4) is 0 Å². The second-order valence-corrected chi connectivity index (χ2v) is 10.1. The standard InChI is InChI=1S/C29H40N2O9/c1-15-11-19-25(34)20(14-21(32)27(19)39-7)31-28(35)16(2)9-8-10-22(37-5)26(40-29(30)36)18(4)13-17(3)24(33)23(12-15)38-6/h8-10,13-15,17,22-24,26,33H,11-12H2,1-7H3,(H2,30,36)(H,31,35)/b10-8+,16-9-,18-13-/t15-,17+,22+,23+,24+,26+/m1/s1. The van der Waals surface area contributed by atoms with Crippen LogP contribution in [-0.4, -0.2) is 74.4 Å². The number of fused-ring (bicyclic) bond motifs is 2. The Morgan fingerprint density at radius 2 is 1.77 bits per heavy atom. The van der Waals surface area contributed by atoms with E-state index in [4.69, 9.17) is 24.7 Å². The lowest BCUT2D eigenvalue weighted by atomic mass is 9.85. The van der Waals surface area contributed by atoms with Crippen molar-refractivity contribution >= 4 is 23.6 Å². The van der Waals surface area contributed by atoms with Gasteiger partial charge in [0.2, 0.25) is 11.6 Å². The van der Waals surface area contributed by atoms with Gasteiger partial charge in [-0.3, -0.25) is 14.4 Å². The van der Waals surface area contributed by atoms with Crippen molar-refractivity contribution in [3.63, 3.8) is 0 Å². The number of hydrogen-bond acceptors (Lipinski definition) is 9. The lowest BCUT2D eigenvalue weighted by molar-refractivity contribution is -0.120. The molecule has 0 saturated heterocycles. The maximum absolute atomic E-state index is 13.3. The largest absolute Gasteiger partial charge is 0.492 e. The van der Waals surface area contributed by atoms with Gasteiger partial charge in [0.1, 0.15) is 6.10 Å². The molecule has 6 atom stereocenters. The molecule has 2 bridgehead atoms. The van der Waals surface area contributed by atoms with E-state index in [0.29, 0.717) is 12.0 Å². The maximum atomic E-state index is 13.3. The van der Waals surface area contributed by atoms with Crippen molar-refractivity contribution < 1.29 is 43.2 Å². The average molecular weight is 561 g/mol. The third kappa shape index (κ3) is 8.23. The Labute approximate surface area is 234 Å². The van der Waals surface area contributed by atoms with E-state index in [9.17, 15) is 24.3 Å². The van der Waals surface area contributed by atoms with E-state index in [1.165, 1.54) is 34.3 Å². The number of aliphatic hydroxyl groups is 1. The van der Waals surface area contributed by atoms with E-state index in [0.717, 1.165) is 6.08 Å². The number of carbonyl (C=O) groups excluding carboxylic acids is 4. The Balaban J connectivity index is 2.60. The number of amides is 2. The number of rotatable bonds is 4. The molecular weight excluding hydrogens is 520 g/mol. The van der Waals surface area contributed by atoms with Gasteiger partial charge in [-0.05, 0) is 38.2 Å². The number of Topliss-reactive ketones (excluding diaryl/α,β-unsaturated/α-hetero) is 1. The van der Waals surface area contributed by atoms with Crippen LogP contribution in [0.1, 0.15) is 40.5 Å². The Bertz CT molecular complexity index is 1150. The van der Waals surface area contributed by atoms with Crippen LogP contribution in [-0.2, 0) is 33.3 Å². The summed E-state index contributed by atoms with van der Waals surface area (Å²) in [6.07, 6.45) is 3.61. The number of nitrogens with two attached hydrogens (primary N) is 1. The van der Waals surface area contributed by atoms with Crippen LogP contribution in [0.25, 0.3) is 0 Å². The Hall–Kier alpha value is -3.54. The van der Waals surface area contributed by atoms with Crippen LogP contribution in [0, 0.1) is 11.8 Å². The fraction of sp³-hybridized carbons (Fsp3) is 0.517. The minimum atomic E-state index is -1.00. The number of allylic oxidation sites excluding steroid dienone is 4. The molecule has 0 spiro atoms. The zero-order valence-corrected chi connectivity index (χ0v) is 24.1. The van der Waals surface area contributed by atoms with Crippen LogP contribution >= 0.6 is 0 Å². The molecule has 1 heterocycles. The molecule has 1 aliphatic heterocycles. The average Bonchev–Trinajstić information content (AvgIpc) is 2.90. The van der Waals surface area contributed by atoms with Gasteiger partial charge in [-0.1, -0.05) is 38.2 Å². The molecule has 4 N–H and O–H groups in total. The van der Waals surface area contributed by atoms with Crippen molar-refractivity contribution in [2.75, 3.05) is 21.3 Å². The number of carbonyl (C=O) groups is 4. The smallest absolute Gasteiger partial charge is 0.405 e. The number of nitrogens with one attached hydrogen (secondary N) is 1. The molecule has 40 heavy (non-hydrogen) atoms. The summed E-state index contributed by atoms with van der Waals surface area (Å²) in [4.78, 5) is 50.6. The van der Waals surface area contributed by atoms with Crippen LogP contribution in [0.15, 0.2) is 58.6 Å². The number of aliphatic hydroxyl groups excluding tert-OH is 1. The van der Waals surface area contributed by atoms with Gasteiger partial charge in [0.25, 0.3) is 5.91 Å². The molecular formula is C29H40N2O9. The van der Waals surface area contributed by atoms with Gasteiger partial charge in [0.05, 0.1) is 25.0 Å². The van der Waals surface area contributed by atoms with E-state index >= 15 is 0 Å². The van der Waals surface area contributed by atoms with Crippen molar-refractivity contribution in [1.82, 2.24) is 5.32 Å². The third-order valence-electron chi connectivity index (χ3n) is 6.95. The minimum Gasteiger partial charge on any atom is -0.492 e. The van der Waals surface area contributed by atoms with Crippen LogP contribution < -0.4 is 11.1 Å². The summed E-state index contributed by atoms with van der Waals surface area (Å²) in [6, 6.07) is 0.